The summed E-state index contributed by atoms with van der Waals surface area (Å²) >= 11 is 0. The number of carbonyl (C=O) groups excluding carboxylic acids is 1. The topological polar surface area (TPSA) is 89.3 Å². The van der Waals surface area contributed by atoms with E-state index in [1.807, 2.05) is 61.5 Å². The van der Waals surface area contributed by atoms with Crippen LogP contribution in [-0.2, 0) is 0 Å². The average molecular weight is 509 g/mol. The fraction of sp³-hybridized carbons (Fsp3) is 0.323. The van der Waals surface area contributed by atoms with Crippen molar-refractivity contribution in [3.8, 4) is 28.3 Å². The Bertz CT molecular complexity index is 1460. The number of fused-ring (bicyclic) bond motifs is 2. The molecule has 2 unspecified atom stereocenters. The van der Waals surface area contributed by atoms with Crippen LogP contribution in [0, 0.1) is 13.8 Å². The molecular weight excluding hydrogens is 476 g/mol. The van der Waals surface area contributed by atoms with Crippen molar-refractivity contribution in [2.24, 2.45) is 0 Å². The third-order valence-corrected chi connectivity index (χ3v) is 7.87. The van der Waals surface area contributed by atoms with E-state index in [1.54, 1.807) is 14.0 Å². The van der Waals surface area contributed by atoms with E-state index in [2.05, 4.69) is 26.8 Å². The Balaban J connectivity index is 1.18. The Morgan fingerprint density at radius 2 is 1.71 bits per heavy atom. The molecule has 7 nitrogen and oxygen atoms in total. The van der Waals surface area contributed by atoms with Crippen molar-refractivity contribution in [2.75, 3.05) is 12.4 Å². The van der Waals surface area contributed by atoms with Crippen molar-refractivity contribution in [3.05, 3.63) is 83.2 Å². The fourth-order valence-electron chi connectivity index (χ4n) is 5.99. The lowest BCUT2D eigenvalue weighted by Crippen LogP contribution is -2.37. The Morgan fingerprint density at radius 3 is 2.37 bits per heavy atom. The standard InChI is InChI=1S/C31H32N4O3/c1-18-14-22(8-12-27(18)20-4-6-21(7-5-20)30-32-19(2)38-35-30)31(36)34-26-11-13-29(37-3)28(17-26)23-15-24-9-10-25(16-23)33-24/h4-8,11-14,17,23-25,33H,9-10,15-16H2,1-3H3,(H,34,36)/t23?,24-,25?/m0/s1. The van der Waals surface area contributed by atoms with Gasteiger partial charge in [-0.25, -0.2) is 0 Å². The van der Waals surface area contributed by atoms with Crippen molar-refractivity contribution in [2.45, 2.75) is 57.5 Å². The number of amides is 1. The summed E-state index contributed by atoms with van der Waals surface area (Å²) in [6.07, 6.45) is 4.72. The molecule has 2 N–H and O–H groups in total. The van der Waals surface area contributed by atoms with Gasteiger partial charge in [-0.2, -0.15) is 4.98 Å². The minimum absolute atomic E-state index is 0.121. The molecule has 0 aliphatic carbocycles. The van der Waals surface area contributed by atoms with Crippen molar-refractivity contribution in [3.63, 3.8) is 0 Å². The number of ether oxygens (including phenoxy) is 1. The van der Waals surface area contributed by atoms with Crippen molar-refractivity contribution >= 4 is 11.6 Å². The van der Waals surface area contributed by atoms with E-state index in [4.69, 9.17) is 9.26 Å². The van der Waals surface area contributed by atoms with Crippen LogP contribution in [0.3, 0.4) is 0 Å². The number of anilines is 1. The van der Waals surface area contributed by atoms with E-state index in [0.29, 0.717) is 35.3 Å². The lowest BCUT2D eigenvalue weighted by Gasteiger charge is -2.30. The maximum Gasteiger partial charge on any atom is 0.255 e. The fourth-order valence-corrected chi connectivity index (χ4v) is 5.99. The molecule has 2 aliphatic heterocycles. The minimum Gasteiger partial charge on any atom is -0.496 e. The summed E-state index contributed by atoms with van der Waals surface area (Å²) in [5, 5.41) is 10.8. The molecule has 194 valence electrons. The number of rotatable bonds is 6. The van der Waals surface area contributed by atoms with Crippen LogP contribution in [0.5, 0.6) is 5.75 Å². The zero-order valence-corrected chi connectivity index (χ0v) is 22.0. The van der Waals surface area contributed by atoms with Gasteiger partial charge in [0.05, 0.1) is 7.11 Å². The summed E-state index contributed by atoms with van der Waals surface area (Å²) in [5.74, 6) is 2.33. The van der Waals surface area contributed by atoms with E-state index >= 15 is 0 Å². The Kier molecular flexibility index (Phi) is 6.45. The minimum atomic E-state index is -0.121. The maximum atomic E-state index is 13.2. The first-order valence-corrected chi connectivity index (χ1v) is 13.2. The molecule has 2 aliphatic rings. The zero-order valence-electron chi connectivity index (χ0n) is 22.0. The highest BCUT2D eigenvalue weighted by molar-refractivity contribution is 6.04. The predicted molar refractivity (Wildman–Crippen MR) is 148 cm³/mol. The number of nitrogens with one attached hydrogen (secondary N) is 2. The first-order chi connectivity index (χ1) is 18.5. The molecule has 0 saturated carbocycles. The summed E-state index contributed by atoms with van der Waals surface area (Å²) in [5.41, 5.74) is 6.68. The number of methoxy groups -OCH3 is 1. The number of nitrogens with zero attached hydrogens (tertiary/aromatic N) is 2. The lowest BCUT2D eigenvalue weighted by molar-refractivity contribution is 0.102. The SMILES string of the molecule is COc1ccc(NC(=O)c2ccc(-c3ccc(-c4noc(C)n4)cc3)c(C)c2)cc1C1CC2CC[C@@H](C1)N2. The molecule has 7 heteroatoms. The van der Waals surface area contributed by atoms with Crippen LogP contribution in [0.2, 0.25) is 0 Å². The first-order valence-electron chi connectivity index (χ1n) is 13.2. The van der Waals surface area contributed by atoms with Crippen LogP contribution in [0.25, 0.3) is 22.5 Å². The number of carbonyl (C=O) groups is 1. The van der Waals surface area contributed by atoms with Gasteiger partial charge in [0.1, 0.15) is 5.75 Å². The van der Waals surface area contributed by atoms with Crippen LogP contribution >= 0.6 is 0 Å². The van der Waals surface area contributed by atoms with Crippen LogP contribution in [-0.4, -0.2) is 35.2 Å². The molecule has 2 saturated heterocycles. The van der Waals surface area contributed by atoms with Crippen LogP contribution in [0.4, 0.5) is 5.69 Å². The molecule has 0 radical (unpaired) electrons. The van der Waals surface area contributed by atoms with E-state index in [9.17, 15) is 4.79 Å². The molecule has 38 heavy (non-hydrogen) atoms. The van der Waals surface area contributed by atoms with E-state index < -0.39 is 0 Å². The third kappa shape index (κ3) is 4.82. The molecule has 3 atom stereocenters. The van der Waals surface area contributed by atoms with Gasteiger partial charge in [-0.3, -0.25) is 4.79 Å². The highest BCUT2D eigenvalue weighted by Gasteiger charge is 2.35. The largest absolute Gasteiger partial charge is 0.496 e. The molecule has 6 rings (SSSR count). The second kappa shape index (κ2) is 10.1. The predicted octanol–water partition coefficient (Wildman–Crippen LogP) is 6.28. The summed E-state index contributed by atoms with van der Waals surface area (Å²) in [7, 11) is 1.72. The molecule has 3 aromatic carbocycles. The van der Waals surface area contributed by atoms with Gasteiger partial charge >= 0.3 is 0 Å². The van der Waals surface area contributed by atoms with Gasteiger partial charge in [0.25, 0.3) is 5.91 Å². The smallest absolute Gasteiger partial charge is 0.255 e. The number of aryl methyl sites for hydroxylation is 2. The van der Waals surface area contributed by atoms with Crippen LogP contribution < -0.4 is 15.4 Å². The van der Waals surface area contributed by atoms with Crippen molar-refractivity contribution in [1.82, 2.24) is 15.5 Å². The molecular formula is C31H32N4O3. The van der Waals surface area contributed by atoms with Gasteiger partial charge in [-0.05, 0) is 91.1 Å². The number of piperidine rings is 1. The van der Waals surface area contributed by atoms with Gasteiger partial charge in [0.2, 0.25) is 11.7 Å². The van der Waals surface area contributed by atoms with Gasteiger partial charge in [-0.1, -0.05) is 35.5 Å². The van der Waals surface area contributed by atoms with E-state index in [1.165, 1.54) is 18.4 Å². The number of hydrogen-bond donors (Lipinski definition) is 2. The van der Waals surface area contributed by atoms with Gasteiger partial charge in [0.15, 0.2) is 0 Å². The molecule has 4 aromatic rings. The Morgan fingerprint density at radius 1 is 0.974 bits per heavy atom. The van der Waals surface area contributed by atoms with Crippen molar-refractivity contribution < 1.29 is 14.1 Å². The molecule has 2 bridgehead atoms. The second-order valence-corrected chi connectivity index (χ2v) is 10.5. The normalized spacial score (nSPS) is 20.3. The first kappa shape index (κ1) is 24.4. The highest BCUT2D eigenvalue weighted by Crippen LogP contribution is 2.41. The van der Waals surface area contributed by atoms with Gasteiger partial charge in [0, 0.05) is 35.8 Å². The maximum absolute atomic E-state index is 13.2. The third-order valence-electron chi connectivity index (χ3n) is 7.87. The molecule has 1 amide bonds. The Hall–Kier alpha value is -3.97. The van der Waals surface area contributed by atoms with Crippen LogP contribution in [0.15, 0.2) is 65.2 Å². The molecule has 0 spiro atoms. The quantitative estimate of drug-likeness (QED) is 0.319. The van der Waals surface area contributed by atoms with Gasteiger partial charge < -0.3 is 19.9 Å². The lowest BCUT2D eigenvalue weighted by atomic mass is 9.85. The highest BCUT2D eigenvalue weighted by atomic mass is 16.5. The van der Waals surface area contributed by atoms with E-state index in [0.717, 1.165) is 46.5 Å². The number of hydrogen-bond acceptors (Lipinski definition) is 6. The average Bonchev–Trinajstić information content (AvgIpc) is 3.52. The summed E-state index contributed by atoms with van der Waals surface area (Å²) < 4.78 is 10.8. The van der Waals surface area contributed by atoms with E-state index in [-0.39, 0.29) is 5.91 Å². The second-order valence-electron chi connectivity index (χ2n) is 10.5. The van der Waals surface area contributed by atoms with Gasteiger partial charge in [-0.15, -0.1) is 0 Å². The molecule has 2 fully saturated rings. The zero-order chi connectivity index (χ0) is 26.2. The molecule has 3 heterocycles. The molecule has 1 aromatic heterocycles. The van der Waals surface area contributed by atoms with Crippen molar-refractivity contribution in [1.29, 1.82) is 0 Å². The van der Waals surface area contributed by atoms with Crippen LogP contribution in [0.1, 0.15) is 59.0 Å². The number of benzene rings is 3. The summed E-state index contributed by atoms with van der Waals surface area (Å²) in [6, 6.07) is 21.0. The number of aromatic nitrogens is 2. The summed E-state index contributed by atoms with van der Waals surface area (Å²) in [4.78, 5) is 17.5. The Labute approximate surface area is 222 Å². The summed E-state index contributed by atoms with van der Waals surface area (Å²) in [6.45, 7) is 3.80. The monoisotopic (exact) mass is 508 g/mol.